The first kappa shape index (κ1) is 72.7. The molecule has 6 rings (SSSR count). The lowest BCUT2D eigenvalue weighted by molar-refractivity contribution is -0.148. The second-order valence-electron chi connectivity index (χ2n) is 24.4. The zero-order valence-electron chi connectivity index (χ0n) is 54.3. The van der Waals surface area contributed by atoms with E-state index in [9.17, 15) is 42.0 Å². The summed E-state index contributed by atoms with van der Waals surface area (Å²) < 4.78 is 48.0. The van der Waals surface area contributed by atoms with Gasteiger partial charge in [-0.1, -0.05) is 103 Å². The van der Waals surface area contributed by atoms with Crippen LogP contribution in [0.4, 0.5) is 0 Å². The van der Waals surface area contributed by atoms with E-state index < -0.39 is 93.8 Å². The fraction of sp³-hybridized carbons (Fsp3) is 0.609. The number of thioether (sulfide) groups is 2. The molecule has 2 aliphatic heterocycles. The second kappa shape index (κ2) is 34.9. The maximum atomic E-state index is 14.6. The summed E-state index contributed by atoms with van der Waals surface area (Å²) in [5.74, 6) is -3.09. The van der Waals surface area contributed by atoms with Crippen molar-refractivity contribution < 1.29 is 56.2 Å². The quantitative estimate of drug-likeness (QED) is 0.0570. The molecule has 90 heavy (non-hydrogen) atoms. The molecule has 0 unspecified atom stereocenters. The predicted octanol–water partition coefficient (Wildman–Crippen LogP) is 5.89. The number of amides is 7. The number of rotatable bonds is 30. The fourth-order valence-electron chi connectivity index (χ4n) is 11.5. The molecule has 496 valence electrons. The molecule has 0 spiro atoms. The predicted molar refractivity (Wildman–Crippen MR) is 349 cm³/mol. The molecular weight excluding hydrogens is 1210 g/mol. The summed E-state index contributed by atoms with van der Waals surface area (Å²) in [5, 5.41) is 14.0. The highest BCUT2D eigenvalue weighted by atomic mass is 32.2. The molecule has 1 aromatic carbocycles. The van der Waals surface area contributed by atoms with Crippen LogP contribution in [0.15, 0.2) is 82.7 Å². The van der Waals surface area contributed by atoms with Crippen molar-refractivity contribution in [2.75, 3.05) is 48.5 Å². The van der Waals surface area contributed by atoms with Crippen molar-refractivity contribution >= 4 is 74.9 Å². The van der Waals surface area contributed by atoms with Crippen LogP contribution in [-0.4, -0.2) is 176 Å². The van der Waals surface area contributed by atoms with Gasteiger partial charge in [-0.05, 0) is 106 Å². The van der Waals surface area contributed by atoms with Crippen molar-refractivity contribution in [3.05, 3.63) is 99.6 Å². The molecule has 2 bridgehead atoms. The van der Waals surface area contributed by atoms with E-state index in [1.807, 2.05) is 77.4 Å². The smallest absolute Gasteiger partial charge is 0.276 e. The van der Waals surface area contributed by atoms with Gasteiger partial charge in [0.2, 0.25) is 39.6 Å². The van der Waals surface area contributed by atoms with Gasteiger partial charge >= 0.3 is 0 Å². The molecular formula is C64H95N11O12S3. The monoisotopic (exact) mass is 1310 g/mol. The summed E-state index contributed by atoms with van der Waals surface area (Å²) in [4.78, 5) is 104. The number of benzene rings is 1. The number of aryl methyl sites for hydroxylation is 1. The van der Waals surface area contributed by atoms with Gasteiger partial charge in [0.25, 0.3) is 11.8 Å². The zero-order chi connectivity index (χ0) is 65.8. The third-order valence-corrected chi connectivity index (χ3v) is 20.7. The Hall–Kier alpha value is -6.32. The van der Waals surface area contributed by atoms with Crippen LogP contribution in [0.2, 0.25) is 0 Å². The van der Waals surface area contributed by atoms with Crippen LogP contribution in [-0.2, 0) is 77.5 Å². The van der Waals surface area contributed by atoms with E-state index in [0.717, 1.165) is 27.6 Å². The molecule has 9 atom stereocenters. The van der Waals surface area contributed by atoms with Crippen molar-refractivity contribution in [3.63, 3.8) is 0 Å². The zero-order valence-corrected chi connectivity index (χ0v) is 56.7. The number of likely N-dealkylation sites (tertiary alicyclic amines) is 1. The summed E-state index contributed by atoms with van der Waals surface area (Å²) in [7, 11) is 4.29. The summed E-state index contributed by atoms with van der Waals surface area (Å²) >= 11 is 3.38. The normalized spacial score (nSPS) is 20.7. The summed E-state index contributed by atoms with van der Waals surface area (Å²) in [6, 6.07) is 2.57. The molecule has 5 N–H and O–H groups in total. The van der Waals surface area contributed by atoms with E-state index in [-0.39, 0.29) is 60.5 Å². The summed E-state index contributed by atoms with van der Waals surface area (Å²) in [5.41, 5.74) is 7.23. The van der Waals surface area contributed by atoms with Gasteiger partial charge in [0.1, 0.15) is 17.8 Å². The van der Waals surface area contributed by atoms with Gasteiger partial charge in [0.15, 0.2) is 6.61 Å². The van der Waals surface area contributed by atoms with Crippen LogP contribution in [0.5, 0.6) is 5.75 Å². The molecule has 1 saturated heterocycles. The molecule has 3 heterocycles. The van der Waals surface area contributed by atoms with Crippen molar-refractivity contribution in [2.24, 2.45) is 23.7 Å². The van der Waals surface area contributed by atoms with Crippen molar-refractivity contribution in [1.82, 2.24) is 55.9 Å². The first-order valence-corrected chi connectivity index (χ1v) is 34.7. The summed E-state index contributed by atoms with van der Waals surface area (Å²) in [6.45, 7) is 13.7. The highest BCUT2D eigenvalue weighted by Crippen LogP contribution is 2.33. The van der Waals surface area contributed by atoms with E-state index in [1.165, 1.54) is 14.2 Å². The number of likely N-dealkylation sites (N-methyl/N-ethyl adjacent to an activating group) is 2. The topological polar surface area (TPSA) is 282 Å². The van der Waals surface area contributed by atoms with Crippen LogP contribution < -0.4 is 30.9 Å². The molecule has 7 amide bonds. The van der Waals surface area contributed by atoms with Crippen LogP contribution in [0.25, 0.3) is 0 Å². The van der Waals surface area contributed by atoms with Crippen LogP contribution >= 0.6 is 23.5 Å². The minimum atomic E-state index is -4.02. The number of nitrogens with zero attached hydrogens (tertiary/aromatic N) is 6. The minimum absolute atomic E-state index is 0.0100. The SMILES string of the molecule is CC[C@H](C)[C@@H]([C@@H](CC(=O)N1CCC[C@H]1[C@H](OC)[C@@H](C)C(=O)N[C@@H](Cc1ccc(OCC(=O)NNC(=O)CCCn2nnc3c2CSC2=C/C=C(/C=CC\C=C/C=C\2)SC3)cc1)C(=O)NS(=O)(=O)C1CC1)OC)N(C)C(=O)[C@@H](NC(=O)[C@H](C(C)C)N(C)C)C(C)C. The third-order valence-electron chi connectivity index (χ3n) is 16.8. The Labute approximate surface area is 540 Å². The molecule has 23 nitrogen and oxygen atoms in total. The van der Waals surface area contributed by atoms with E-state index in [2.05, 4.69) is 73.0 Å². The lowest BCUT2D eigenvalue weighted by atomic mass is 9.89. The lowest BCUT2D eigenvalue weighted by Crippen LogP contribution is -2.59. The first-order valence-electron chi connectivity index (χ1n) is 31.2. The Balaban J connectivity index is 1.03. The van der Waals surface area contributed by atoms with E-state index in [1.54, 1.807) is 71.6 Å². The maximum Gasteiger partial charge on any atom is 0.276 e. The molecule has 2 fully saturated rings. The van der Waals surface area contributed by atoms with Gasteiger partial charge < -0.3 is 34.6 Å². The Bertz CT molecular complexity index is 3060. The number of aromatic nitrogens is 3. The van der Waals surface area contributed by atoms with Gasteiger partial charge in [-0.3, -0.25) is 54.0 Å². The number of hydrogen-bond donors (Lipinski definition) is 5. The van der Waals surface area contributed by atoms with E-state index >= 15 is 0 Å². The van der Waals surface area contributed by atoms with Gasteiger partial charge in [-0.15, -0.1) is 28.6 Å². The number of fused-ring (bicyclic) bond motifs is 2. The lowest BCUT2D eigenvalue weighted by Gasteiger charge is -2.41. The fourth-order valence-corrected chi connectivity index (χ4v) is 14.7. The Morgan fingerprint density at radius 1 is 0.800 bits per heavy atom. The molecule has 26 heteroatoms. The van der Waals surface area contributed by atoms with Gasteiger partial charge in [-0.25, -0.2) is 13.1 Å². The van der Waals surface area contributed by atoms with E-state index in [4.69, 9.17) is 14.2 Å². The minimum Gasteiger partial charge on any atom is -0.484 e. The van der Waals surface area contributed by atoms with Crippen molar-refractivity contribution in [2.45, 2.75) is 178 Å². The van der Waals surface area contributed by atoms with Gasteiger partial charge in [-0.2, -0.15) is 0 Å². The molecule has 2 aromatic rings. The number of nitrogens with one attached hydrogen (secondary N) is 5. The average Bonchev–Trinajstić information content (AvgIpc) is 1.61. The molecule has 0 radical (unpaired) electrons. The van der Waals surface area contributed by atoms with Crippen molar-refractivity contribution in [1.29, 1.82) is 0 Å². The number of methoxy groups -OCH3 is 2. The third kappa shape index (κ3) is 20.9. The molecule has 2 aliphatic carbocycles. The number of hydrazine groups is 1. The molecule has 4 aliphatic rings. The molecule has 1 saturated carbocycles. The van der Waals surface area contributed by atoms with E-state index in [0.29, 0.717) is 68.7 Å². The van der Waals surface area contributed by atoms with Gasteiger partial charge in [0.05, 0.1) is 59.3 Å². The number of carbonyl (C=O) groups is 7. The Kier molecular flexibility index (Phi) is 28.2. The number of sulfonamides is 1. The number of allylic oxidation sites excluding steroid dienone is 8. The van der Waals surface area contributed by atoms with Crippen molar-refractivity contribution in [3.8, 4) is 5.75 Å². The number of hydrogen-bond acceptors (Lipinski definition) is 17. The number of carbonyl (C=O) groups excluding carboxylic acids is 7. The average molecular weight is 1310 g/mol. The highest BCUT2D eigenvalue weighted by Gasteiger charge is 2.44. The largest absolute Gasteiger partial charge is 0.484 e. The van der Waals surface area contributed by atoms with Crippen LogP contribution in [0.1, 0.15) is 123 Å². The van der Waals surface area contributed by atoms with Gasteiger partial charge in [0, 0.05) is 68.5 Å². The number of ether oxygens (including phenoxy) is 3. The maximum absolute atomic E-state index is 14.6. The second-order valence-corrected chi connectivity index (χ2v) is 28.5. The van der Waals surface area contributed by atoms with Crippen LogP contribution in [0, 0.1) is 23.7 Å². The first-order chi connectivity index (χ1) is 42.9. The standard InChI is InChI=1S/C64H95N11O12S3/c1-13-42(6)59(73(10)64(82)57(40(2)3)66-63(81)58(41(4)5)72(8)9)53(85-11)36-56(78)74-33-19-23-51(74)60(86-12)43(7)61(79)65-49(62(80)70-90(83,84)48-31-32-48)35-44-25-27-45(28-26-44)87-37-55(77)69-68-54(76)24-20-34-75-52-39-89-47-22-18-16-14-15-17-21-46(29-30-47)88-38-50(52)67-71-75/h14,16-18,21-22,25-30,40-43,48-49,51,53,57-60H,13,15,19-20,23-24,31-39H2,1-12H3,(H,65,79)(H,66,81)(H,68,76)(H,69,77)(H,70,80)/b16-14-,21-17?,22-18-,46-29-,47-30+/t42-,43+,49-,51-,53+,57-,58-,59-,60+/m0/s1. The molecule has 1 aromatic heterocycles. The summed E-state index contributed by atoms with van der Waals surface area (Å²) in [6.07, 6.45) is 18.9. The van der Waals surface area contributed by atoms with Crippen LogP contribution in [0.3, 0.4) is 0 Å². The Morgan fingerprint density at radius 3 is 2.13 bits per heavy atom. The highest BCUT2D eigenvalue weighted by molar-refractivity contribution is 8.03. The Morgan fingerprint density at radius 2 is 1.49 bits per heavy atom.